The molecule has 152 valence electrons. The summed E-state index contributed by atoms with van der Waals surface area (Å²) in [7, 11) is 0. The lowest BCUT2D eigenvalue weighted by molar-refractivity contribution is 0.555. The van der Waals surface area contributed by atoms with Gasteiger partial charge < -0.3 is 15.0 Å². The Kier molecular flexibility index (Phi) is 8.28. The molecule has 0 amide bonds. The average molecular weight is 495 g/mol. The summed E-state index contributed by atoms with van der Waals surface area (Å²) in [6, 6.07) is 8.23. The van der Waals surface area contributed by atoms with E-state index in [0.717, 1.165) is 49.0 Å². The second kappa shape index (κ2) is 10.4. The number of aliphatic imine (C=N–C) groups is 1. The molecule has 0 aliphatic heterocycles. The minimum Gasteiger partial charge on any atom is -0.357 e. The lowest BCUT2D eigenvalue weighted by Gasteiger charge is -2.11. The Morgan fingerprint density at radius 1 is 1.14 bits per heavy atom. The molecule has 8 heteroatoms. The first-order chi connectivity index (χ1) is 13.1. The van der Waals surface area contributed by atoms with Gasteiger partial charge in [0.05, 0.1) is 17.9 Å². The molecule has 0 bridgehead atoms. The molecule has 0 fully saturated rings. The van der Waals surface area contributed by atoms with E-state index in [-0.39, 0.29) is 24.0 Å². The first kappa shape index (κ1) is 22.2. The van der Waals surface area contributed by atoms with E-state index < -0.39 is 0 Å². The highest BCUT2D eigenvalue weighted by Crippen LogP contribution is 2.09. The van der Waals surface area contributed by atoms with Crippen LogP contribution in [0.3, 0.4) is 0 Å². The maximum absolute atomic E-state index is 4.67. The van der Waals surface area contributed by atoms with Gasteiger partial charge in [-0.15, -0.1) is 24.0 Å². The number of hydrogen-bond donors (Lipinski definition) is 2. The Bertz CT molecular complexity index is 926. The highest BCUT2D eigenvalue weighted by atomic mass is 127. The van der Waals surface area contributed by atoms with Crippen LogP contribution in [0.4, 0.5) is 0 Å². The van der Waals surface area contributed by atoms with Gasteiger partial charge in [-0.05, 0) is 52.3 Å². The van der Waals surface area contributed by atoms with Crippen molar-refractivity contribution in [1.29, 1.82) is 0 Å². The van der Waals surface area contributed by atoms with E-state index in [4.69, 9.17) is 0 Å². The van der Waals surface area contributed by atoms with E-state index in [1.54, 1.807) is 0 Å². The van der Waals surface area contributed by atoms with Gasteiger partial charge in [0.2, 0.25) is 0 Å². The first-order valence-corrected chi connectivity index (χ1v) is 9.53. The van der Waals surface area contributed by atoms with E-state index >= 15 is 0 Å². The lowest BCUT2D eigenvalue weighted by atomic mass is 10.4. The normalized spacial score (nSPS) is 11.5. The third kappa shape index (κ3) is 5.70. The Morgan fingerprint density at radius 3 is 2.64 bits per heavy atom. The van der Waals surface area contributed by atoms with Crippen LogP contribution in [0, 0.1) is 20.8 Å². The van der Waals surface area contributed by atoms with Crippen LogP contribution < -0.4 is 10.6 Å². The number of hydrogen-bond acceptors (Lipinski definition) is 3. The summed E-state index contributed by atoms with van der Waals surface area (Å²) in [4.78, 5) is 9.31. The summed E-state index contributed by atoms with van der Waals surface area (Å²) in [5.41, 5.74) is 5.37. The van der Waals surface area contributed by atoms with Gasteiger partial charge in [-0.3, -0.25) is 4.68 Å². The van der Waals surface area contributed by atoms with Crippen molar-refractivity contribution in [1.82, 2.24) is 29.8 Å². The van der Waals surface area contributed by atoms with Crippen LogP contribution in [0.2, 0.25) is 0 Å². The number of aromatic nitrogens is 4. The van der Waals surface area contributed by atoms with E-state index in [2.05, 4.69) is 73.9 Å². The number of rotatable bonds is 7. The summed E-state index contributed by atoms with van der Waals surface area (Å²) < 4.78 is 4.15. The summed E-state index contributed by atoms with van der Waals surface area (Å²) >= 11 is 0. The molecule has 7 nitrogen and oxygen atoms in total. The zero-order valence-electron chi connectivity index (χ0n) is 17.1. The van der Waals surface area contributed by atoms with Gasteiger partial charge >= 0.3 is 0 Å². The van der Waals surface area contributed by atoms with Gasteiger partial charge in [-0.25, -0.2) is 9.98 Å². The number of aryl methyl sites for hydroxylation is 4. The Morgan fingerprint density at radius 2 is 1.96 bits per heavy atom. The molecular formula is C20H30IN7. The molecule has 28 heavy (non-hydrogen) atoms. The van der Waals surface area contributed by atoms with Crippen LogP contribution in [-0.4, -0.2) is 38.2 Å². The second-order valence-corrected chi connectivity index (χ2v) is 6.75. The molecular weight excluding hydrogens is 465 g/mol. The van der Waals surface area contributed by atoms with Crippen LogP contribution in [0.15, 0.2) is 35.5 Å². The van der Waals surface area contributed by atoms with Gasteiger partial charge in [-0.1, -0.05) is 6.07 Å². The van der Waals surface area contributed by atoms with Crippen molar-refractivity contribution in [2.24, 2.45) is 4.99 Å². The molecule has 3 heterocycles. The lowest BCUT2D eigenvalue weighted by Crippen LogP contribution is -2.38. The molecule has 0 aliphatic carbocycles. The molecule has 3 aromatic rings. The molecule has 0 aromatic carbocycles. The third-order valence-corrected chi connectivity index (χ3v) is 4.43. The number of nitrogens with one attached hydrogen (secondary N) is 2. The molecule has 0 aliphatic rings. The molecule has 0 unspecified atom stereocenters. The van der Waals surface area contributed by atoms with Crippen LogP contribution >= 0.6 is 24.0 Å². The predicted molar refractivity (Wildman–Crippen MR) is 124 cm³/mol. The van der Waals surface area contributed by atoms with Crippen molar-refractivity contribution in [2.75, 3.05) is 13.1 Å². The largest absolute Gasteiger partial charge is 0.357 e. The van der Waals surface area contributed by atoms with Crippen LogP contribution in [0.25, 0.3) is 5.65 Å². The summed E-state index contributed by atoms with van der Waals surface area (Å²) in [5.74, 6) is 0.819. The average Bonchev–Trinajstić information content (AvgIpc) is 3.19. The van der Waals surface area contributed by atoms with Crippen molar-refractivity contribution >= 4 is 35.6 Å². The molecule has 3 rings (SSSR count). The van der Waals surface area contributed by atoms with E-state index in [9.17, 15) is 0 Å². The van der Waals surface area contributed by atoms with Gasteiger partial charge in [-0.2, -0.15) is 5.10 Å². The summed E-state index contributed by atoms with van der Waals surface area (Å²) in [6.45, 7) is 11.4. The first-order valence-electron chi connectivity index (χ1n) is 9.53. The zero-order chi connectivity index (χ0) is 19.2. The molecule has 0 atom stereocenters. The minimum absolute atomic E-state index is 0. The van der Waals surface area contributed by atoms with Crippen molar-refractivity contribution in [3.8, 4) is 0 Å². The minimum atomic E-state index is 0. The topological polar surface area (TPSA) is 71.5 Å². The zero-order valence-corrected chi connectivity index (χ0v) is 19.4. The number of guanidine groups is 1. The predicted octanol–water partition coefficient (Wildman–Crippen LogP) is 3.22. The highest BCUT2D eigenvalue weighted by Gasteiger charge is 2.04. The maximum Gasteiger partial charge on any atom is 0.191 e. The molecule has 0 saturated heterocycles. The fraction of sp³-hybridized carbons (Fsp3) is 0.450. The van der Waals surface area contributed by atoms with Crippen LogP contribution in [-0.2, 0) is 13.1 Å². The number of pyridine rings is 1. The Labute approximate surface area is 183 Å². The number of nitrogens with zero attached hydrogens (tertiary/aromatic N) is 5. The van der Waals surface area contributed by atoms with Crippen molar-refractivity contribution in [2.45, 2.75) is 47.2 Å². The summed E-state index contributed by atoms with van der Waals surface area (Å²) in [6.07, 6.45) is 3.04. The number of halogens is 1. The standard InChI is InChI=1S/C20H29N7.HI/c1-5-21-20(22-10-7-11-27-17(4)12-15(2)25-27)23-13-18-14-26-16(3)8-6-9-19(26)24-18;/h6,8-9,12,14H,5,7,10-11,13H2,1-4H3,(H2,21,22,23);1H. The van der Waals surface area contributed by atoms with Gasteiger partial charge in [0.25, 0.3) is 0 Å². The molecule has 0 saturated carbocycles. The number of fused-ring (bicyclic) bond motifs is 1. The fourth-order valence-corrected chi connectivity index (χ4v) is 3.11. The second-order valence-electron chi connectivity index (χ2n) is 6.75. The van der Waals surface area contributed by atoms with Crippen molar-refractivity contribution in [3.63, 3.8) is 0 Å². The van der Waals surface area contributed by atoms with Gasteiger partial charge in [0, 0.05) is 37.2 Å². The van der Waals surface area contributed by atoms with E-state index in [0.29, 0.717) is 6.54 Å². The molecule has 0 spiro atoms. The van der Waals surface area contributed by atoms with Gasteiger partial charge in [0.15, 0.2) is 5.96 Å². The quantitative estimate of drug-likeness (QED) is 0.229. The fourth-order valence-electron chi connectivity index (χ4n) is 3.11. The SMILES string of the molecule is CCNC(=NCc1cn2c(C)cccc2n1)NCCCn1nc(C)cc1C.I. The van der Waals surface area contributed by atoms with E-state index in [1.165, 1.54) is 11.4 Å². The van der Waals surface area contributed by atoms with Crippen molar-refractivity contribution < 1.29 is 0 Å². The molecule has 0 radical (unpaired) electrons. The smallest absolute Gasteiger partial charge is 0.191 e. The molecule has 2 N–H and O–H groups in total. The highest BCUT2D eigenvalue weighted by molar-refractivity contribution is 14.0. The van der Waals surface area contributed by atoms with Crippen LogP contribution in [0.1, 0.15) is 36.1 Å². The Balaban J connectivity index is 0.00000280. The van der Waals surface area contributed by atoms with Gasteiger partial charge in [0.1, 0.15) is 5.65 Å². The molecule has 3 aromatic heterocycles. The van der Waals surface area contributed by atoms with Crippen molar-refractivity contribution in [3.05, 3.63) is 53.2 Å². The van der Waals surface area contributed by atoms with E-state index in [1.807, 2.05) is 19.1 Å². The maximum atomic E-state index is 4.67. The summed E-state index contributed by atoms with van der Waals surface area (Å²) in [5, 5.41) is 11.2. The third-order valence-electron chi connectivity index (χ3n) is 4.43. The van der Waals surface area contributed by atoms with Crippen LogP contribution in [0.5, 0.6) is 0 Å². The Hall–Kier alpha value is -2.10. The number of imidazole rings is 1. The monoisotopic (exact) mass is 495 g/mol.